The van der Waals surface area contributed by atoms with Crippen LogP contribution in [0, 0.1) is 0 Å². The van der Waals surface area contributed by atoms with Crippen LogP contribution in [0.3, 0.4) is 0 Å². The minimum Gasteiger partial charge on any atom is -0.318 e. The number of anilines is 1. The summed E-state index contributed by atoms with van der Waals surface area (Å²) in [7, 11) is 1.79. The van der Waals surface area contributed by atoms with Gasteiger partial charge in [-0.1, -0.05) is 30.3 Å². The average molecular weight is 275 g/mol. The highest BCUT2D eigenvalue weighted by Gasteiger charge is 2.29. The van der Waals surface area contributed by atoms with E-state index in [1.165, 1.54) is 11.3 Å². The summed E-state index contributed by atoms with van der Waals surface area (Å²) in [5.41, 5.74) is 0.703. The molecule has 2 aromatic rings. The fraction of sp³-hybridized carbons (Fsp3) is 0.286. The largest absolute Gasteiger partial charge is 0.324 e. The minimum atomic E-state index is -0.386. The molecule has 19 heavy (non-hydrogen) atoms. The highest BCUT2D eigenvalue weighted by atomic mass is 32.1. The summed E-state index contributed by atoms with van der Waals surface area (Å²) < 4.78 is 0. The molecule has 0 spiro atoms. The number of nitrogens with one attached hydrogen (secondary N) is 1. The zero-order chi connectivity index (χ0) is 13.9. The zero-order valence-electron chi connectivity index (χ0n) is 11.3. The van der Waals surface area contributed by atoms with E-state index >= 15 is 0 Å². The van der Waals surface area contributed by atoms with Crippen LogP contribution in [0.25, 0.3) is 0 Å². The first-order valence-electron chi connectivity index (χ1n) is 6.01. The van der Waals surface area contributed by atoms with Crippen molar-refractivity contribution in [1.29, 1.82) is 0 Å². The second-order valence-electron chi connectivity index (χ2n) is 4.75. The van der Waals surface area contributed by atoms with Crippen LogP contribution >= 0.6 is 11.3 Å². The third-order valence-corrected chi connectivity index (χ3v) is 3.96. The first-order chi connectivity index (χ1) is 9.01. The van der Waals surface area contributed by atoms with Gasteiger partial charge in [-0.2, -0.15) is 0 Å². The summed E-state index contributed by atoms with van der Waals surface area (Å²) in [6, 6.07) is 9.80. The molecule has 5 heteroatoms. The lowest BCUT2D eigenvalue weighted by atomic mass is 9.93. The molecule has 2 amide bonds. The van der Waals surface area contributed by atoms with E-state index in [9.17, 15) is 4.79 Å². The Kier molecular flexibility index (Phi) is 3.85. The van der Waals surface area contributed by atoms with Crippen LogP contribution in [0.5, 0.6) is 0 Å². The first kappa shape index (κ1) is 13.5. The number of carbonyl (C=O) groups is 1. The van der Waals surface area contributed by atoms with E-state index in [4.69, 9.17) is 0 Å². The van der Waals surface area contributed by atoms with Crippen LogP contribution in [0.1, 0.15) is 19.4 Å². The normalized spacial score (nSPS) is 11.1. The van der Waals surface area contributed by atoms with Crippen molar-refractivity contribution in [2.75, 3.05) is 12.4 Å². The molecule has 0 fully saturated rings. The summed E-state index contributed by atoms with van der Waals surface area (Å²) in [5, 5.41) is 5.24. The van der Waals surface area contributed by atoms with E-state index in [0.717, 1.165) is 5.56 Å². The predicted octanol–water partition coefficient (Wildman–Crippen LogP) is 3.54. The Morgan fingerprint density at radius 1 is 1.32 bits per heavy atom. The predicted molar refractivity (Wildman–Crippen MR) is 78.4 cm³/mol. The number of rotatable bonds is 3. The van der Waals surface area contributed by atoms with Crippen molar-refractivity contribution in [1.82, 2.24) is 9.88 Å². The maximum absolute atomic E-state index is 12.2. The molecule has 4 nitrogen and oxygen atoms in total. The molecule has 0 unspecified atom stereocenters. The lowest BCUT2D eigenvalue weighted by molar-refractivity contribution is 0.168. The summed E-state index contributed by atoms with van der Waals surface area (Å²) >= 11 is 1.41. The van der Waals surface area contributed by atoms with E-state index in [-0.39, 0.29) is 11.6 Å². The number of aromatic nitrogens is 1. The third-order valence-electron chi connectivity index (χ3n) is 3.27. The Morgan fingerprint density at radius 2 is 2.00 bits per heavy atom. The van der Waals surface area contributed by atoms with Gasteiger partial charge >= 0.3 is 6.03 Å². The summed E-state index contributed by atoms with van der Waals surface area (Å²) in [4.78, 5) is 17.9. The number of nitrogens with zero attached hydrogens (tertiary/aromatic N) is 2. The highest BCUT2D eigenvalue weighted by molar-refractivity contribution is 7.13. The zero-order valence-corrected chi connectivity index (χ0v) is 12.1. The fourth-order valence-electron chi connectivity index (χ4n) is 1.75. The standard InChI is InChI=1S/C14H17N3OS/c1-14(2,11-7-5-4-6-8-11)17(3)13(18)16-12-15-9-10-19-12/h4-10H,1-3H3,(H,15,16,18). The molecule has 0 saturated heterocycles. The van der Waals surface area contributed by atoms with Gasteiger partial charge < -0.3 is 4.90 Å². The number of hydrogen-bond donors (Lipinski definition) is 1. The van der Waals surface area contributed by atoms with Crippen LogP contribution in [-0.2, 0) is 5.54 Å². The molecule has 2 rings (SSSR count). The summed E-state index contributed by atoms with van der Waals surface area (Å²) in [6.07, 6.45) is 1.67. The molecular formula is C14H17N3OS. The van der Waals surface area contributed by atoms with Gasteiger partial charge in [0.2, 0.25) is 0 Å². The van der Waals surface area contributed by atoms with Crippen molar-refractivity contribution in [3.05, 3.63) is 47.5 Å². The topological polar surface area (TPSA) is 45.2 Å². The number of urea groups is 1. The highest BCUT2D eigenvalue weighted by Crippen LogP contribution is 2.27. The molecule has 1 aromatic carbocycles. The van der Waals surface area contributed by atoms with Crippen LogP contribution < -0.4 is 5.32 Å². The Morgan fingerprint density at radius 3 is 2.58 bits per heavy atom. The molecule has 0 bridgehead atoms. The van der Waals surface area contributed by atoms with Crippen molar-refractivity contribution < 1.29 is 4.79 Å². The molecule has 1 N–H and O–H groups in total. The van der Waals surface area contributed by atoms with E-state index in [0.29, 0.717) is 5.13 Å². The van der Waals surface area contributed by atoms with Crippen molar-refractivity contribution in [2.24, 2.45) is 0 Å². The van der Waals surface area contributed by atoms with E-state index in [1.54, 1.807) is 18.1 Å². The lowest BCUT2D eigenvalue weighted by Gasteiger charge is -2.35. The number of hydrogen-bond acceptors (Lipinski definition) is 3. The maximum Gasteiger partial charge on any atom is 0.324 e. The molecule has 0 radical (unpaired) electrons. The summed E-state index contributed by atoms with van der Waals surface area (Å²) in [5.74, 6) is 0. The third kappa shape index (κ3) is 2.93. The van der Waals surface area contributed by atoms with Gasteiger partial charge in [0.15, 0.2) is 5.13 Å². The Balaban J connectivity index is 2.14. The number of thiazole rings is 1. The van der Waals surface area contributed by atoms with Crippen molar-refractivity contribution in [2.45, 2.75) is 19.4 Å². The van der Waals surface area contributed by atoms with Gasteiger partial charge in [-0.25, -0.2) is 9.78 Å². The van der Waals surface area contributed by atoms with Gasteiger partial charge in [0, 0.05) is 18.6 Å². The van der Waals surface area contributed by atoms with Crippen LogP contribution in [0.2, 0.25) is 0 Å². The number of carbonyl (C=O) groups excluding carboxylic acids is 1. The number of amides is 2. The molecule has 0 aliphatic rings. The molecule has 100 valence electrons. The van der Waals surface area contributed by atoms with Crippen molar-refractivity contribution >= 4 is 22.5 Å². The van der Waals surface area contributed by atoms with Crippen molar-refractivity contribution in [3.8, 4) is 0 Å². The second-order valence-corrected chi connectivity index (χ2v) is 5.65. The lowest BCUT2D eigenvalue weighted by Crippen LogP contribution is -2.44. The van der Waals surface area contributed by atoms with Crippen LogP contribution in [0.4, 0.5) is 9.93 Å². The fourth-order valence-corrected chi connectivity index (χ4v) is 2.27. The molecule has 0 aliphatic carbocycles. The van der Waals surface area contributed by atoms with E-state index in [1.807, 2.05) is 49.6 Å². The molecule has 1 heterocycles. The maximum atomic E-state index is 12.2. The second kappa shape index (κ2) is 5.40. The van der Waals surface area contributed by atoms with Gasteiger partial charge in [-0.3, -0.25) is 5.32 Å². The monoisotopic (exact) mass is 275 g/mol. The van der Waals surface area contributed by atoms with Gasteiger partial charge in [-0.15, -0.1) is 11.3 Å². The van der Waals surface area contributed by atoms with Gasteiger partial charge in [0.25, 0.3) is 0 Å². The van der Waals surface area contributed by atoms with E-state index < -0.39 is 0 Å². The first-order valence-corrected chi connectivity index (χ1v) is 6.89. The molecule has 0 atom stereocenters. The van der Waals surface area contributed by atoms with Gasteiger partial charge in [0.1, 0.15) is 0 Å². The molecular weight excluding hydrogens is 258 g/mol. The molecule has 0 saturated carbocycles. The smallest absolute Gasteiger partial charge is 0.318 e. The Bertz CT molecular complexity index is 537. The van der Waals surface area contributed by atoms with Gasteiger partial charge in [0.05, 0.1) is 5.54 Å². The molecule has 1 aromatic heterocycles. The van der Waals surface area contributed by atoms with Crippen molar-refractivity contribution in [3.63, 3.8) is 0 Å². The minimum absolute atomic E-state index is 0.163. The Labute approximate surface area is 117 Å². The number of benzene rings is 1. The SMILES string of the molecule is CN(C(=O)Nc1nccs1)C(C)(C)c1ccccc1. The van der Waals surface area contributed by atoms with Gasteiger partial charge in [-0.05, 0) is 19.4 Å². The molecule has 0 aliphatic heterocycles. The summed E-state index contributed by atoms with van der Waals surface area (Å²) in [6.45, 7) is 4.04. The quantitative estimate of drug-likeness (QED) is 0.931. The van der Waals surface area contributed by atoms with E-state index in [2.05, 4.69) is 10.3 Å². The van der Waals surface area contributed by atoms with Crippen LogP contribution in [0.15, 0.2) is 41.9 Å². The Hall–Kier alpha value is -1.88. The average Bonchev–Trinajstić information content (AvgIpc) is 2.91. The van der Waals surface area contributed by atoms with Crippen LogP contribution in [-0.4, -0.2) is 23.0 Å².